The van der Waals surface area contributed by atoms with Gasteiger partial charge in [-0.1, -0.05) is 6.92 Å². The molecule has 1 N–H and O–H groups in total. The maximum atomic E-state index is 5.54. The van der Waals surface area contributed by atoms with Gasteiger partial charge in [0, 0.05) is 50.7 Å². The Kier molecular flexibility index (Phi) is 4.17. The van der Waals surface area contributed by atoms with Gasteiger partial charge in [-0.25, -0.2) is 9.97 Å². The highest BCUT2D eigenvalue weighted by Crippen LogP contribution is 2.22. The number of hydrogen-bond acceptors (Lipinski definition) is 5. The minimum absolute atomic E-state index is 0.281. The van der Waals surface area contributed by atoms with Crippen LogP contribution in [0, 0.1) is 5.92 Å². The van der Waals surface area contributed by atoms with Gasteiger partial charge in [0.05, 0.1) is 6.10 Å². The van der Waals surface area contributed by atoms with Crippen molar-refractivity contribution < 1.29 is 4.74 Å². The monoisotopic (exact) mass is 276 g/mol. The Bertz CT molecular complexity index is 432. The zero-order valence-corrected chi connectivity index (χ0v) is 12.4. The summed E-state index contributed by atoms with van der Waals surface area (Å²) in [6.07, 6.45) is 7.91. The summed E-state index contributed by atoms with van der Waals surface area (Å²) in [5.41, 5.74) is 1.16. The highest BCUT2D eigenvalue weighted by atomic mass is 16.5. The molecule has 5 nitrogen and oxygen atoms in total. The molecule has 110 valence electrons. The van der Waals surface area contributed by atoms with Gasteiger partial charge in [0.2, 0.25) is 5.95 Å². The molecule has 1 aromatic heterocycles. The number of anilines is 1. The SMILES string of the molecule is COC1CN(c2ncc(CNC3CC3)cn2)CCC1C. The summed E-state index contributed by atoms with van der Waals surface area (Å²) in [4.78, 5) is 11.3. The van der Waals surface area contributed by atoms with E-state index in [9.17, 15) is 0 Å². The highest BCUT2D eigenvalue weighted by Gasteiger charge is 2.27. The molecule has 1 aliphatic heterocycles. The third-order valence-corrected chi connectivity index (χ3v) is 4.34. The van der Waals surface area contributed by atoms with Crippen LogP contribution < -0.4 is 10.2 Å². The van der Waals surface area contributed by atoms with Crippen LogP contribution in [0.4, 0.5) is 5.95 Å². The van der Waals surface area contributed by atoms with E-state index in [1.165, 1.54) is 12.8 Å². The average Bonchev–Trinajstić information content (AvgIpc) is 3.30. The topological polar surface area (TPSA) is 50.3 Å². The van der Waals surface area contributed by atoms with Gasteiger partial charge < -0.3 is 15.0 Å². The molecule has 2 heterocycles. The summed E-state index contributed by atoms with van der Waals surface area (Å²) in [7, 11) is 1.79. The summed E-state index contributed by atoms with van der Waals surface area (Å²) in [5, 5.41) is 3.48. The van der Waals surface area contributed by atoms with E-state index in [2.05, 4.69) is 27.1 Å². The Hall–Kier alpha value is -1.20. The van der Waals surface area contributed by atoms with Gasteiger partial charge in [0.1, 0.15) is 0 Å². The van der Waals surface area contributed by atoms with Gasteiger partial charge in [-0.05, 0) is 25.2 Å². The minimum Gasteiger partial charge on any atom is -0.379 e. The predicted molar refractivity (Wildman–Crippen MR) is 78.7 cm³/mol. The van der Waals surface area contributed by atoms with Crippen LogP contribution in [-0.2, 0) is 11.3 Å². The van der Waals surface area contributed by atoms with Crippen LogP contribution in [0.3, 0.4) is 0 Å². The smallest absolute Gasteiger partial charge is 0.225 e. The Morgan fingerprint density at radius 1 is 1.30 bits per heavy atom. The molecule has 1 aliphatic carbocycles. The summed E-state index contributed by atoms with van der Waals surface area (Å²) < 4.78 is 5.54. The van der Waals surface area contributed by atoms with Crippen LogP contribution in [0.2, 0.25) is 0 Å². The van der Waals surface area contributed by atoms with Crippen molar-refractivity contribution in [1.29, 1.82) is 0 Å². The van der Waals surface area contributed by atoms with Crippen molar-refractivity contribution in [1.82, 2.24) is 15.3 Å². The van der Waals surface area contributed by atoms with Crippen LogP contribution in [-0.4, -0.2) is 42.3 Å². The summed E-state index contributed by atoms with van der Waals surface area (Å²) >= 11 is 0. The summed E-state index contributed by atoms with van der Waals surface area (Å²) in [5.74, 6) is 1.44. The molecule has 0 radical (unpaired) electrons. The van der Waals surface area contributed by atoms with E-state index in [0.29, 0.717) is 5.92 Å². The van der Waals surface area contributed by atoms with E-state index >= 15 is 0 Å². The van der Waals surface area contributed by atoms with Gasteiger partial charge in [0.25, 0.3) is 0 Å². The van der Waals surface area contributed by atoms with Crippen molar-refractivity contribution in [3.8, 4) is 0 Å². The molecule has 2 aliphatic rings. The van der Waals surface area contributed by atoms with Gasteiger partial charge in [-0.15, -0.1) is 0 Å². The van der Waals surface area contributed by atoms with E-state index in [4.69, 9.17) is 4.74 Å². The third kappa shape index (κ3) is 3.27. The van der Waals surface area contributed by atoms with Crippen LogP contribution in [0.15, 0.2) is 12.4 Å². The Morgan fingerprint density at radius 2 is 2.05 bits per heavy atom. The van der Waals surface area contributed by atoms with Crippen LogP contribution in [0.5, 0.6) is 0 Å². The molecule has 0 amide bonds. The Balaban J connectivity index is 1.58. The van der Waals surface area contributed by atoms with E-state index < -0.39 is 0 Å². The number of piperidine rings is 1. The largest absolute Gasteiger partial charge is 0.379 e. The number of rotatable bonds is 5. The van der Waals surface area contributed by atoms with Gasteiger partial charge in [-0.3, -0.25) is 0 Å². The lowest BCUT2D eigenvalue weighted by Crippen LogP contribution is -2.44. The molecule has 2 atom stereocenters. The van der Waals surface area contributed by atoms with Gasteiger partial charge in [0.15, 0.2) is 0 Å². The quantitative estimate of drug-likeness (QED) is 0.885. The van der Waals surface area contributed by atoms with Gasteiger partial charge >= 0.3 is 0 Å². The van der Waals surface area contributed by atoms with Gasteiger partial charge in [-0.2, -0.15) is 0 Å². The number of hydrogen-bond donors (Lipinski definition) is 1. The van der Waals surface area contributed by atoms with Crippen molar-refractivity contribution in [3.05, 3.63) is 18.0 Å². The first-order chi connectivity index (χ1) is 9.76. The lowest BCUT2D eigenvalue weighted by atomic mass is 9.96. The van der Waals surface area contributed by atoms with Crippen LogP contribution in [0.1, 0.15) is 31.7 Å². The zero-order chi connectivity index (χ0) is 13.9. The van der Waals surface area contributed by atoms with Crippen molar-refractivity contribution in [2.24, 2.45) is 5.92 Å². The van der Waals surface area contributed by atoms with Crippen molar-refractivity contribution in [2.75, 3.05) is 25.1 Å². The third-order valence-electron chi connectivity index (χ3n) is 4.34. The van der Waals surface area contributed by atoms with E-state index in [1.54, 1.807) is 7.11 Å². The molecule has 1 saturated carbocycles. The number of nitrogens with zero attached hydrogens (tertiary/aromatic N) is 3. The summed E-state index contributed by atoms with van der Waals surface area (Å²) in [6, 6.07) is 0.723. The molecule has 2 unspecified atom stereocenters. The highest BCUT2D eigenvalue weighted by molar-refractivity contribution is 5.31. The normalized spacial score (nSPS) is 26.8. The lowest BCUT2D eigenvalue weighted by molar-refractivity contribution is 0.0494. The van der Waals surface area contributed by atoms with Crippen LogP contribution in [0.25, 0.3) is 0 Å². The zero-order valence-electron chi connectivity index (χ0n) is 12.4. The predicted octanol–water partition coefficient (Wildman–Crippen LogP) is 1.59. The second-order valence-electron chi connectivity index (χ2n) is 6.03. The Morgan fingerprint density at radius 3 is 2.70 bits per heavy atom. The fourth-order valence-corrected chi connectivity index (χ4v) is 2.67. The van der Waals surface area contributed by atoms with Crippen LogP contribution >= 0.6 is 0 Å². The molecular formula is C15H24N4O. The average molecular weight is 276 g/mol. The molecular weight excluding hydrogens is 252 g/mol. The van der Waals surface area contributed by atoms with Crippen molar-refractivity contribution >= 4 is 5.95 Å². The standard InChI is InChI=1S/C15H24N4O/c1-11-5-6-19(10-14(11)20-2)15-17-8-12(9-18-15)7-16-13-3-4-13/h8-9,11,13-14,16H,3-7,10H2,1-2H3. The number of methoxy groups -OCH3 is 1. The number of nitrogens with one attached hydrogen (secondary N) is 1. The van der Waals surface area contributed by atoms with E-state index in [1.807, 2.05) is 12.4 Å². The first-order valence-electron chi connectivity index (χ1n) is 7.58. The minimum atomic E-state index is 0.281. The molecule has 5 heteroatoms. The molecule has 0 bridgehead atoms. The van der Waals surface area contributed by atoms with Crippen molar-refractivity contribution in [2.45, 2.75) is 44.9 Å². The number of aromatic nitrogens is 2. The second-order valence-corrected chi connectivity index (χ2v) is 6.03. The molecule has 20 heavy (non-hydrogen) atoms. The lowest BCUT2D eigenvalue weighted by Gasteiger charge is -2.36. The molecule has 3 rings (SSSR count). The first kappa shape index (κ1) is 13.8. The van der Waals surface area contributed by atoms with Crippen molar-refractivity contribution in [3.63, 3.8) is 0 Å². The van der Waals surface area contributed by atoms with E-state index in [0.717, 1.165) is 43.6 Å². The molecule has 1 aromatic rings. The molecule has 0 spiro atoms. The fourth-order valence-electron chi connectivity index (χ4n) is 2.67. The maximum absolute atomic E-state index is 5.54. The maximum Gasteiger partial charge on any atom is 0.225 e. The Labute approximate surface area is 120 Å². The first-order valence-corrected chi connectivity index (χ1v) is 7.58. The van der Waals surface area contributed by atoms with E-state index in [-0.39, 0.29) is 6.10 Å². The summed E-state index contributed by atoms with van der Waals surface area (Å²) in [6.45, 7) is 5.03. The fraction of sp³-hybridized carbons (Fsp3) is 0.733. The molecule has 1 saturated heterocycles. The second kappa shape index (κ2) is 6.06. The molecule has 0 aromatic carbocycles. The molecule has 2 fully saturated rings. The number of ether oxygens (including phenoxy) is 1.